The van der Waals surface area contributed by atoms with Crippen LogP contribution in [0, 0.1) is 0 Å². The second-order valence-corrected chi connectivity index (χ2v) is 4.19. The SMILES string of the molecule is CC.CCN(C)CCc1c[nH]c2ccc(O)cc12. The number of aromatic amines is 1. The Kier molecular flexibility index (Phi) is 5.72. The highest BCUT2D eigenvalue weighted by molar-refractivity contribution is 5.84. The maximum Gasteiger partial charge on any atom is 0.116 e. The Morgan fingerprint density at radius 3 is 2.67 bits per heavy atom. The molecule has 1 aromatic heterocycles. The van der Waals surface area contributed by atoms with Crippen LogP contribution in [-0.4, -0.2) is 35.1 Å². The number of nitrogens with one attached hydrogen (secondary N) is 1. The van der Waals surface area contributed by atoms with E-state index in [-0.39, 0.29) is 0 Å². The molecule has 0 saturated carbocycles. The van der Waals surface area contributed by atoms with E-state index >= 15 is 0 Å². The molecule has 1 aromatic carbocycles. The fourth-order valence-corrected chi connectivity index (χ4v) is 1.84. The third-order valence-electron chi connectivity index (χ3n) is 3.05. The van der Waals surface area contributed by atoms with Crippen molar-refractivity contribution < 1.29 is 5.11 Å². The van der Waals surface area contributed by atoms with Gasteiger partial charge in [0.1, 0.15) is 5.75 Å². The van der Waals surface area contributed by atoms with E-state index in [1.54, 1.807) is 6.07 Å². The molecular formula is C15H24N2O. The van der Waals surface area contributed by atoms with E-state index in [2.05, 4.69) is 23.9 Å². The van der Waals surface area contributed by atoms with E-state index in [1.807, 2.05) is 32.2 Å². The van der Waals surface area contributed by atoms with E-state index in [9.17, 15) is 5.11 Å². The van der Waals surface area contributed by atoms with Crippen molar-refractivity contribution in [3.05, 3.63) is 30.0 Å². The van der Waals surface area contributed by atoms with Gasteiger partial charge in [-0.25, -0.2) is 0 Å². The first-order chi connectivity index (χ1) is 8.70. The van der Waals surface area contributed by atoms with Crippen LogP contribution in [-0.2, 0) is 6.42 Å². The molecule has 2 aromatic rings. The molecule has 0 unspecified atom stereocenters. The van der Waals surface area contributed by atoms with Crippen molar-refractivity contribution in [3.63, 3.8) is 0 Å². The average molecular weight is 248 g/mol. The van der Waals surface area contributed by atoms with Gasteiger partial charge in [0, 0.05) is 23.6 Å². The Labute approximate surface area is 109 Å². The van der Waals surface area contributed by atoms with Gasteiger partial charge < -0.3 is 15.0 Å². The molecule has 0 saturated heterocycles. The zero-order valence-electron chi connectivity index (χ0n) is 11.8. The zero-order valence-corrected chi connectivity index (χ0v) is 11.8. The van der Waals surface area contributed by atoms with Crippen LogP contribution in [0.25, 0.3) is 10.9 Å². The monoisotopic (exact) mass is 248 g/mol. The Balaban J connectivity index is 0.000000771. The standard InChI is InChI=1S/C13H18N2O.C2H6/c1-3-15(2)7-6-10-9-14-13-5-4-11(16)8-12(10)13;1-2/h4-5,8-9,14,16H,3,6-7H2,1-2H3;1-2H3. The number of H-pyrrole nitrogens is 1. The van der Waals surface area contributed by atoms with Crippen LogP contribution in [0.3, 0.4) is 0 Å². The van der Waals surface area contributed by atoms with E-state index in [1.165, 1.54) is 5.56 Å². The van der Waals surface area contributed by atoms with Crippen molar-refractivity contribution >= 4 is 10.9 Å². The lowest BCUT2D eigenvalue weighted by molar-refractivity contribution is 0.358. The average Bonchev–Trinajstić information content (AvgIpc) is 2.80. The van der Waals surface area contributed by atoms with Gasteiger partial charge in [-0.3, -0.25) is 0 Å². The van der Waals surface area contributed by atoms with Crippen molar-refractivity contribution in [1.29, 1.82) is 0 Å². The van der Waals surface area contributed by atoms with Gasteiger partial charge in [0.25, 0.3) is 0 Å². The van der Waals surface area contributed by atoms with Crippen LogP contribution in [0.15, 0.2) is 24.4 Å². The van der Waals surface area contributed by atoms with E-state index in [4.69, 9.17) is 0 Å². The molecule has 0 radical (unpaired) electrons. The number of aromatic nitrogens is 1. The van der Waals surface area contributed by atoms with Gasteiger partial charge in [-0.05, 0) is 43.8 Å². The first kappa shape index (κ1) is 14.6. The van der Waals surface area contributed by atoms with Crippen LogP contribution in [0.4, 0.5) is 0 Å². The topological polar surface area (TPSA) is 39.3 Å². The van der Waals surface area contributed by atoms with E-state index in [0.717, 1.165) is 30.4 Å². The minimum atomic E-state index is 0.331. The summed E-state index contributed by atoms with van der Waals surface area (Å²) in [5.74, 6) is 0.331. The Morgan fingerprint density at radius 2 is 2.00 bits per heavy atom. The molecule has 0 spiro atoms. The molecule has 0 fully saturated rings. The van der Waals surface area contributed by atoms with Crippen LogP contribution >= 0.6 is 0 Å². The van der Waals surface area contributed by atoms with Crippen LogP contribution < -0.4 is 0 Å². The summed E-state index contributed by atoms with van der Waals surface area (Å²) >= 11 is 0. The second kappa shape index (κ2) is 7.07. The first-order valence-electron chi connectivity index (χ1n) is 6.68. The Bertz CT molecular complexity index is 476. The number of fused-ring (bicyclic) bond motifs is 1. The molecule has 18 heavy (non-hydrogen) atoms. The van der Waals surface area contributed by atoms with Crippen molar-refractivity contribution in [2.45, 2.75) is 27.2 Å². The van der Waals surface area contributed by atoms with Crippen molar-refractivity contribution in [3.8, 4) is 5.75 Å². The summed E-state index contributed by atoms with van der Waals surface area (Å²) < 4.78 is 0. The number of hydrogen-bond acceptors (Lipinski definition) is 2. The largest absolute Gasteiger partial charge is 0.508 e. The molecule has 100 valence electrons. The first-order valence-corrected chi connectivity index (χ1v) is 6.68. The molecule has 0 aliphatic carbocycles. The van der Waals surface area contributed by atoms with Gasteiger partial charge in [-0.1, -0.05) is 20.8 Å². The van der Waals surface area contributed by atoms with E-state index in [0.29, 0.717) is 5.75 Å². The number of rotatable bonds is 4. The summed E-state index contributed by atoms with van der Waals surface area (Å²) in [6.45, 7) is 8.26. The molecule has 0 aliphatic heterocycles. The third-order valence-corrected chi connectivity index (χ3v) is 3.05. The molecular weight excluding hydrogens is 224 g/mol. The summed E-state index contributed by atoms with van der Waals surface area (Å²) in [6.07, 6.45) is 3.04. The lowest BCUT2D eigenvalue weighted by Gasteiger charge is -2.12. The molecule has 2 rings (SSSR count). The van der Waals surface area contributed by atoms with Gasteiger partial charge in [-0.15, -0.1) is 0 Å². The number of nitrogens with zero attached hydrogens (tertiary/aromatic N) is 1. The zero-order chi connectivity index (χ0) is 13.5. The minimum absolute atomic E-state index is 0.331. The Morgan fingerprint density at radius 1 is 1.28 bits per heavy atom. The smallest absolute Gasteiger partial charge is 0.116 e. The maximum absolute atomic E-state index is 9.47. The van der Waals surface area contributed by atoms with Crippen LogP contribution in [0.5, 0.6) is 5.75 Å². The lowest BCUT2D eigenvalue weighted by atomic mass is 10.1. The minimum Gasteiger partial charge on any atom is -0.508 e. The number of benzene rings is 1. The van der Waals surface area contributed by atoms with Gasteiger partial charge in [0.2, 0.25) is 0 Å². The fourth-order valence-electron chi connectivity index (χ4n) is 1.84. The highest BCUT2D eigenvalue weighted by Crippen LogP contribution is 2.23. The fraction of sp³-hybridized carbons (Fsp3) is 0.467. The summed E-state index contributed by atoms with van der Waals surface area (Å²) in [4.78, 5) is 5.51. The van der Waals surface area contributed by atoms with E-state index < -0.39 is 0 Å². The van der Waals surface area contributed by atoms with Gasteiger partial charge >= 0.3 is 0 Å². The van der Waals surface area contributed by atoms with Crippen molar-refractivity contribution in [1.82, 2.24) is 9.88 Å². The number of aromatic hydroxyl groups is 1. The molecule has 3 heteroatoms. The molecule has 2 N–H and O–H groups in total. The van der Waals surface area contributed by atoms with Crippen LogP contribution in [0.2, 0.25) is 0 Å². The molecule has 0 amide bonds. The quantitative estimate of drug-likeness (QED) is 0.870. The number of phenols is 1. The highest BCUT2D eigenvalue weighted by Gasteiger charge is 2.05. The summed E-state index contributed by atoms with van der Waals surface area (Å²) in [7, 11) is 2.12. The summed E-state index contributed by atoms with van der Waals surface area (Å²) in [5, 5.41) is 10.6. The van der Waals surface area contributed by atoms with Gasteiger partial charge in [0.15, 0.2) is 0 Å². The molecule has 0 aliphatic rings. The maximum atomic E-state index is 9.47. The van der Waals surface area contributed by atoms with Gasteiger partial charge in [0.05, 0.1) is 0 Å². The van der Waals surface area contributed by atoms with Crippen LogP contribution in [0.1, 0.15) is 26.3 Å². The normalized spacial score (nSPS) is 10.5. The molecule has 3 nitrogen and oxygen atoms in total. The van der Waals surface area contributed by atoms with Crippen molar-refractivity contribution in [2.24, 2.45) is 0 Å². The predicted octanol–water partition coefficient (Wildman–Crippen LogP) is 3.39. The lowest BCUT2D eigenvalue weighted by Crippen LogP contribution is -2.20. The number of phenolic OH excluding ortho intramolecular Hbond substituents is 1. The van der Waals surface area contributed by atoms with Crippen molar-refractivity contribution in [2.75, 3.05) is 20.1 Å². The molecule has 1 heterocycles. The summed E-state index contributed by atoms with van der Waals surface area (Å²) in [6, 6.07) is 5.45. The number of hydrogen-bond donors (Lipinski definition) is 2. The second-order valence-electron chi connectivity index (χ2n) is 4.19. The third kappa shape index (κ3) is 3.50. The summed E-state index contributed by atoms with van der Waals surface area (Å²) in [5.41, 5.74) is 2.36. The Hall–Kier alpha value is -1.48. The predicted molar refractivity (Wildman–Crippen MR) is 78.2 cm³/mol. The van der Waals surface area contributed by atoms with Gasteiger partial charge in [-0.2, -0.15) is 0 Å². The molecule has 0 bridgehead atoms. The highest BCUT2D eigenvalue weighted by atomic mass is 16.3. The number of likely N-dealkylation sites (N-methyl/N-ethyl adjacent to an activating group) is 1. The molecule has 0 atom stereocenters.